The second-order valence-corrected chi connectivity index (χ2v) is 5.35. The number of ether oxygens (including phenoxy) is 1. The van der Waals surface area contributed by atoms with Crippen LogP contribution in [0, 0.1) is 0 Å². The summed E-state index contributed by atoms with van der Waals surface area (Å²) < 4.78 is 65.3. The first kappa shape index (κ1) is 17.2. The van der Waals surface area contributed by atoms with Crippen LogP contribution in [0.3, 0.4) is 0 Å². The highest BCUT2D eigenvalue weighted by Gasteiger charge is 2.31. The molecule has 1 rings (SSSR count). The van der Waals surface area contributed by atoms with E-state index in [0.717, 1.165) is 18.2 Å². The molecule has 20 heavy (non-hydrogen) atoms. The number of carbonyl (C=O) groups is 1. The van der Waals surface area contributed by atoms with Crippen molar-refractivity contribution in [3.05, 3.63) is 23.8 Å². The predicted molar refractivity (Wildman–Crippen MR) is 67.7 cm³/mol. The van der Waals surface area contributed by atoms with Crippen LogP contribution in [-0.4, -0.2) is 23.2 Å². The van der Waals surface area contributed by atoms with Gasteiger partial charge in [-0.15, -0.1) is 0 Å². The maximum Gasteiger partial charge on any atom is 0.446 e. The van der Waals surface area contributed by atoms with Crippen molar-refractivity contribution in [2.45, 2.75) is 23.4 Å². The first-order valence-corrected chi connectivity index (χ1v) is 7.10. The first-order chi connectivity index (χ1) is 9.23. The Morgan fingerprint density at radius 1 is 1.35 bits per heavy atom. The molecule has 1 aromatic carbocycles. The molecule has 0 aliphatic carbocycles. The summed E-state index contributed by atoms with van der Waals surface area (Å²) in [6.45, 7) is -3.27. The van der Waals surface area contributed by atoms with Gasteiger partial charge in [-0.2, -0.15) is 22.0 Å². The summed E-state index contributed by atoms with van der Waals surface area (Å²) in [6, 6.07) is 2.99. The Morgan fingerprint density at radius 3 is 2.50 bits per heavy atom. The molecule has 0 bridgehead atoms. The third-order valence-electron chi connectivity index (χ3n) is 2.03. The zero-order valence-corrected chi connectivity index (χ0v) is 12.1. The highest BCUT2D eigenvalue weighted by molar-refractivity contribution is 9.09. The van der Waals surface area contributed by atoms with Gasteiger partial charge in [-0.3, -0.25) is 4.79 Å². The van der Waals surface area contributed by atoms with E-state index in [9.17, 15) is 26.7 Å². The SMILES string of the molecule is O=C(CCBr)c1ccc(SC(F)(F)F)c(OC(F)F)c1. The van der Waals surface area contributed by atoms with E-state index in [-0.39, 0.29) is 17.8 Å². The zero-order valence-electron chi connectivity index (χ0n) is 9.72. The molecule has 9 heteroatoms. The molecule has 0 N–H and O–H groups in total. The van der Waals surface area contributed by atoms with Crippen LogP contribution in [0.5, 0.6) is 5.75 Å². The van der Waals surface area contributed by atoms with E-state index < -0.39 is 34.5 Å². The van der Waals surface area contributed by atoms with E-state index in [0.29, 0.717) is 5.33 Å². The molecule has 0 unspecified atom stereocenters. The van der Waals surface area contributed by atoms with Crippen LogP contribution < -0.4 is 4.74 Å². The molecule has 0 spiro atoms. The fraction of sp³-hybridized carbons (Fsp3) is 0.364. The monoisotopic (exact) mass is 378 g/mol. The number of benzene rings is 1. The highest BCUT2D eigenvalue weighted by atomic mass is 79.9. The number of halogens is 6. The lowest BCUT2D eigenvalue weighted by molar-refractivity contribution is -0.0528. The number of rotatable bonds is 6. The Morgan fingerprint density at radius 2 is 2.00 bits per heavy atom. The van der Waals surface area contributed by atoms with E-state index >= 15 is 0 Å². The van der Waals surface area contributed by atoms with Gasteiger partial charge in [0.1, 0.15) is 5.75 Å². The summed E-state index contributed by atoms with van der Waals surface area (Å²) in [6.07, 6.45) is 0.0971. The minimum absolute atomic E-state index is 0.0200. The van der Waals surface area contributed by atoms with E-state index in [4.69, 9.17) is 0 Å². The summed E-state index contributed by atoms with van der Waals surface area (Å²) >= 11 is 2.46. The molecule has 0 aliphatic rings. The summed E-state index contributed by atoms with van der Waals surface area (Å²) in [7, 11) is 0. The predicted octanol–water partition coefficient (Wildman–Crippen LogP) is 4.87. The maximum absolute atomic E-state index is 12.3. The van der Waals surface area contributed by atoms with E-state index in [1.807, 2.05) is 0 Å². The van der Waals surface area contributed by atoms with Gasteiger partial charge in [0.05, 0.1) is 4.90 Å². The van der Waals surface area contributed by atoms with Gasteiger partial charge in [0, 0.05) is 17.3 Å². The first-order valence-electron chi connectivity index (χ1n) is 5.16. The summed E-state index contributed by atoms with van der Waals surface area (Å²) in [5.74, 6) is -1.05. The van der Waals surface area contributed by atoms with Gasteiger partial charge in [0.2, 0.25) is 0 Å². The average Bonchev–Trinajstić information content (AvgIpc) is 2.29. The van der Waals surface area contributed by atoms with Crippen molar-refractivity contribution >= 4 is 33.5 Å². The largest absolute Gasteiger partial charge is 0.446 e. The Balaban J connectivity index is 3.09. The number of ketones is 1. The topological polar surface area (TPSA) is 26.3 Å². The van der Waals surface area contributed by atoms with Crippen LogP contribution in [0.4, 0.5) is 22.0 Å². The maximum atomic E-state index is 12.3. The summed E-state index contributed by atoms with van der Waals surface area (Å²) in [5.41, 5.74) is -4.62. The van der Waals surface area contributed by atoms with Crippen molar-refractivity contribution < 1.29 is 31.5 Å². The lowest BCUT2D eigenvalue weighted by Gasteiger charge is -2.13. The smallest absolute Gasteiger partial charge is 0.434 e. The van der Waals surface area contributed by atoms with Gasteiger partial charge in [-0.1, -0.05) is 22.0 Å². The fourth-order valence-electron chi connectivity index (χ4n) is 1.31. The second-order valence-electron chi connectivity index (χ2n) is 3.45. The normalized spacial score (nSPS) is 11.8. The minimum Gasteiger partial charge on any atom is -0.434 e. The molecule has 0 aliphatic heterocycles. The molecular formula is C11H8BrF5O2S. The van der Waals surface area contributed by atoms with Gasteiger partial charge in [0.25, 0.3) is 0 Å². The molecule has 0 amide bonds. The van der Waals surface area contributed by atoms with Crippen LogP contribution in [0.25, 0.3) is 0 Å². The molecule has 112 valence electrons. The van der Waals surface area contributed by atoms with Gasteiger partial charge >= 0.3 is 12.1 Å². The molecule has 0 saturated heterocycles. The molecule has 1 aromatic rings. The molecule has 2 nitrogen and oxygen atoms in total. The zero-order chi connectivity index (χ0) is 15.3. The fourth-order valence-corrected chi connectivity index (χ4v) is 2.26. The molecule has 0 fully saturated rings. The van der Waals surface area contributed by atoms with Crippen molar-refractivity contribution in [1.82, 2.24) is 0 Å². The van der Waals surface area contributed by atoms with E-state index in [2.05, 4.69) is 20.7 Å². The second kappa shape index (κ2) is 7.26. The number of hydrogen-bond donors (Lipinski definition) is 0. The summed E-state index contributed by atoms with van der Waals surface area (Å²) in [5, 5.41) is 0.357. The third kappa shape index (κ3) is 5.66. The molecule has 0 aromatic heterocycles. The van der Waals surface area contributed by atoms with Crippen LogP contribution in [0.2, 0.25) is 0 Å². The average molecular weight is 379 g/mol. The molecule has 0 atom stereocenters. The molecular weight excluding hydrogens is 371 g/mol. The van der Waals surface area contributed by atoms with Crippen LogP contribution >= 0.6 is 27.7 Å². The number of hydrogen-bond acceptors (Lipinski definition) is 3. The number of thioether (sulfide) groups is 1. The third-order valence-corrected chi connectivity index (χ3v) is 3.21. The lowest BCUT2D eigenvalue weighted by atomic mass is 10.1. The number of alkyl halides is 6. The Hall–Kier alpha value is -0.830. The van der Waals surface area contributed by atoms with Gasteiger partial charge in [0.15, 0.2) is 5.78 Å². The van der Waals surface area contributed by atoms with Crippen LogP contribution in [0.15, 0.2) is 23.1 Å². The number of Topliss-reactive ketones (excluding diaryl/α,β-unsaturated/α-hetero) is 1. The van der Waals surface area contributed by atoms with Crippen molar-refractivity contribution in [3.63, 3.8) is 0 Å². The Bertz CT molecular complexity index is 478. The van der Waals surface area contributed by atoms with E-state index in [1.165, 1.54) is 0 Å². The van der Waals surface area contributed by atoms with Crippen molar-refractivity contribution in [1.29, 1.82) is 0 Å². The summed E-state index contributed by atoms with van der Waals surface area (Å²) in [4.78, 5) is 11.1. The molecule has 0 heterocycles. The van der Waals surface area contributed by atoms with Crippen molar-refractivity contribution in [2.24, 2.45) is 0 Å². The van der Waals surface area contributed by atoms with E-state index in [1.54, 1.807) is 0 Å². The number of carbonyl (C=O) groups excluding carboxylic acids is 1. The highest BCUT2D eigenvalue weighted by Crippen LogP contribution is 2.42. The molecule has 0 radical (unpaired) electrons. The quantitative estimate of drug-likeness (QED) is 0.305. The lowest BCUT2D eigenvalue weighted by Crippen LogP contribution is -2.07. The Labute approximate surface area is 123 Å². The van der Waals surface area contributed by atoms with Crippen LogP contribution in [0.1, 0.15) is 16.8 Å². The molecule has 0 saturated carbocycles. The van der Waals surface area contributed by atoms with Gasteiger partial charge < -0.3 is 4.74 Å². The standard InChI is InChI=1S/C11H8BrF5O2S/c12-4-3-7(18)6-1-2-9(20-11(15,16)17)8(5-6)19-10(13)14/h1-2,5,10H,3-4H2. The van der Waals surface area contributed by atoms with Crippen molar-refractivity contribution in [2.75, 3.05) is 5.33 Å². The minimum atomic E-state index is -4.64. The Kier molecular flexibility index (Phi) is 6.25. The van der Waals surface area contributed by atoms with Crippen LogP contribution in [-0.2, 0) is 0 Å². The van der Waals surface area contributed by atoms with Crippen molar-refractivity contribution in [3.8, 4) is 5.75 Å². The van der Waals surface area contributed by atoms with Gasteiger partial charge in [-0.25, -0.2) is 0 Å². The van der Waals surface area contributed by atoms with Gasteiger partial charge in [-0.05, 0) is 23.9 Å².